The maximum Gasteiger partial charge on any atom is 0.267 e. The SMILES string of the molecule is c1ccc(CCC2c3cc4c5cc3OC(O5)c3cc5cc(c3)Oc3cccc(c3)Oc3cc6cc(c3)C3Oc7cc(c(cc7C4CCc4ccccc4)C(CCc4ccccc4)c4cc7c8cc4OC(O8)c4cc(cc(c4)Oc4cccc(c4)O6)Oc4cccc(c4)Oc4cc(cc(c4)C4Oc6cc(c(cc62)C7CCc2ccccc2)O4)Oc2cccc(c2)O5)O3)cc1. The van der Waals surface area contributed by atoms with Gasteiger partial charge in [-0.2, -0.15) is 0 Å². The summed E-state index contributed by atoms with van der Waals surface area (Å²) in [6.45, 7) is 0. The highest BCUT2D eigenvalue weighted by Crippen LogP contribution is 2.60. The summed E-state index contributed by atoms with van der Waals surface area (Å²) >= 11 is 0. The van der Waals surface area contributed by atoms with E-state index in [4.69, 9.17) is 75.8 Å². The Morgan fingerprint density at radius 2 is 0.312 bits per heavy atom. The van der Waals surface area contributed by atoms with E-state index in [1.54, 1.807) is 0 Å². The van der Waals surface area contributed by atoms with Gasteiger partial charge in [0.25, 0.3) is 25.2 Å². The summed E-state index contributed by atoms with van der Waals surface area (Å²) in [5, 5.41) is 0. The Morgan fingerprint density at radius 1 is 0.148 bits per heavy atom. The van der Waals surface area contributed by atoms with E-state index < -0.39 is 48.8 Å². The molecule has 8 heterocycles. The van der Waals surface area contributed by atoms with E-state index in [-0.39, 0.29) is 0 Å². The Labute approximate surface area is 738 Å². The van der Waals surface area contributed by atoms with Gasteiger partial charge in [0, 0.05) is 163 Å². The Balaban J connectivity index is 0.847. The molecule has 28 rings (SSSR count). The first-order valence-corrected chi connectivity index (χ1v) is 43.8. The molecule has 0 spiro atoms. The molecule has 16 aromatic carbocycles. The third-order valence-corrected chi connectivity index (χ3v) is 25.5. The summed E-state index contributed by atoms with van der Waals surface area (Å²) in [5.74, 6) is 9.78. The Hall–Kier alpha value is -15.7. The molecular weight excluding hydrogens is 1600 g/mol. The summed E-state index contributed by atoms with van der Waals surface area (Å²) in [6, 6.07) is 114. The quantitative estimate of drug-likeness (QED) is 0.114. The molecule has 40 bridgehead atoms. The third kappa shape index (κ3) is 14.6. The molecule has 0 N–H and O–H groups in total. The third-order valence-electron chi connectivity index (χ3n) is 25.5. The van der Waals surface area contributed by atoms with Crippen molar-refractivity contribution in [3.8, 4) is 138 Å². The Kier molecular flexibility index (Phi) is 18.3. The molecule has 16 aromatic rings. The fraction of sp³-hybridized carbons (Fsp3) is 0.143. The largest absolute Gasteiger partial charge is 0.457 e. The van der Waals surface area contributed by atoms with Crippen molar-refractivity contribution >= 4 is 0 Å². The second kappa shape index (κ2) is 31.2. The first-order chi connectivity index (χ1) is 63.1. The molecule has 624 valence electrons. The molecule has 0 fully saturated rings. The number of rotatable bonds is 12. The van der Waals surface area contributed by atoms with Crippen molar-refractivity contribution in [1.29, 1.82) is 0 Å². The van der Waals surface area contributed by atoms with E-state index in [1.165, 1.54) is 0 Å². The fourth-order valence-corrected chi connectivity index (χ4v) is 19.6. The minimum absolute atomic E-state index is 0.418. The molecule has 0 saturated heterocycles. The lowest BCUT2D eigenvalue weighted by Crippen LogP contribution is -2.26. The van der Waals surface area contributed by atoms with Crippen LogP contribution in [0.1, 0.15) is 164 Å². The summed E-state index contributed by atoms with van der Waals surface area (Å²) in [7, 11) is 0. The molecule has 0 atom stereocenters. The summed E-state index contributed by atoms with van der Waals surface area (Å²) in [5.41, 5.74) is 14.2. The molecule has 16 heteroatoms. The molecule has 16 nitrogen and oxygen atoms in total. The smallest absolute Gasteiger partial charge is 0.267 e. The topological polar surface area (TPSA) is 148 Å². The van der Waals surface area contributed by atoms with Crippen LogP contribution in [0.15, 0.2) is 340 Å². The predicted octanol–water partition coefficient (Wildman–Crippen LogP) is 28.5. The first kappa shape index (κ1) is 74.9. The van der Waals surface area contributed by atoms with Gasteiger partial charge in [0.15, 0.2) is 0 Å². The molecule has 128 heavy (non-hydrogen) atoms. The van der Waals surface area contributed by atoms with Crippen molar-refractivity contribution in [1.82, 2.24) is 0 Å². The number of hydrogen-bond donors (Lipinski definition) is 0. The zero-order valence-electron chi connectivity index (χ0n) is 69.1. The number of ether oxygens (including phenoxy) is 16. The van der Waals surface area contributed by atoms with Crippen LogP contribution in [0.4, 0.5) is 0 Å². The standard InChI is InChI=1S/C112H80O16/c1-5-17-65(18-6-1)33-37-89-93-57-95-90(38-34-66-19-7-2-8-20-66)97-59-99-92(40-36-68-23-11-4-12-24-68)100-60-98-91(39-35-67-21-9-3-10-22-67)96-58-94(89)102-62-104(96)124-110(122-102)70-42-82-54-84(44-70)116-76-28-15-30-78(51-76)118-86-46-72(112-126-106(98)64-108(100)128-112)48-88(56-86)120-80-32-16-31-79(52-80)119-87-47-71(111-125-105(97)63-107(99)127-111)45-85(55-87)117-77-29-14-27-75(50-77)115-83-43-69(109-121-101(93)61-103(95)123-109)41-81(53-83)113-73-25-13-26-74(49-73)114-82/h1-32,41-64,89-92,109-112H,33-40H2. The van der Waals surface area contributed by atoms with Gasteiger partial charge in [0.1, 0.15) is 138 Å². The molecular formula is C112H80O16. The lowest BCUT2D eigenvalue weighted by Gasteiger charge is -2.38. The van der Waals surface area contributed by atoms with Crippen molar-refractivity contribution in [3.05, 3.63) is 429 Å². The van der Waals surface area contributed by atoms with Crippen LogP contribution < -0.4 is 75.8 Å². The second-order valence-electron chi connectivity index (χ2n) is 34.0. The van der Waals surface area contributed by atoms with Crippen LogP contribution in [0.2, 0.25) is 0 Å². The predicted molar refractivity (Wildman–Crippen MR) is 480 cm³/mol. The van der Waals surface area contributed by atoms with Gasteiger partial charge in [-0.3, -0.25) is 0 Å². The van der Waals surface area contributed by atoms with Crippen LogP contribution in [0.3, 0.4) is 0 Å². The van der Waals surface area contributed by atoms with Crippen LogP contribution in [0.25, 0.3) is 0 Å². The zero-order chi connectivity index (χ0) is 84.3. The van der Waals surface area contributed by atoms with Crippen molar-refractivity contribution in [2.75, 3.05) is 0 Å². The minimum Gasteiger partial charge on any atom is -0.457 e. The van der Waals surface area contributed by atoms with Crippen molar-refractivity contribution in [2.45, 2.75) is 100 Å². The van der Waals surface area contributed by atoms with E-state index >= 15 is 0 Å². The highest BCUT2D eigenvalue weighted by molar-refractivity contribution is 5.67. The monoisotopic (exact) mass is 1680 g/mol. The van der Waals surface area contributed by atoms with E-state index in [0.29, 0.717) is 212 Å². The first-order valence-electron chi connectivity index (χ1n) is 43.8. The molecule has 0 aromatic heterocycles. The van der Waals surface area contributed by atoms with E-state index in [0.717, 1.165) is 66.8 Å². The molecule has 4 aliphatic carbocycles. The van der Waals surface area contributed by atoms with Crippen molar-refractivity contribution in [2.24, 2.45) is 0 Å². The molecule has 0 saturated carbocycles. The van der Waals surface area contributed by atoms with Crippen LogP contribution in [0, 0.1) is 0 Å². The molecule has 8 aliphatic heterocycles. The van der Waals surface area contributed by atoms with Gasteiger partial charge < -0.3 is 75.8 Å². The van der Waals surface area contributed by atoms with Gasteiger partial charge in [-0.05, 0) is 195 Å². The van der Waals surface area contributed by atoms with Crippen LogP contribution in [-0.4, -0.2) is 0 Å². The summed E-state index contributed by atoms with van der Waals surface area (Å²) in [4.78, 5) is 0. The average Bonchev–Trinajstić information content (AvgIpc) is 0.728. The number of hydrogen-bond acceptors (Lipinski definition) is 16. The van der Waals surface area contributed by atoms with E-state index in [2.05, 4.69) is 170 Å². The maximum absolute atomic E-state index is 7.75. The van der Waals surface area contributed by atoms with Crippen LogP contribution >= 0.6 is 0 Å². The maximum atomic E-state index is 7.75. The summed E-state index contributed by atoms with van der Waals surface area (Å²) < 4.78 is 119. The lowest BCUT2D eigenvalue weighted by molar-refractivity contribution is -0.0123. The van der Waals surface area contributed by atoms with Gasteiger partial charge in [-0.1, -0.05) is 146 Å². The number of aryl methyl sites for hydroxylation is 4. The van der Waals surface area contributed by atoms with Gasteiger partial charge >= 0.3 is 0 Å². The normalized spacial score (nSPS) is 18.6. The van der Waals surface area contributed by atoms with Crippen LogP contribution in [-0.2, 0) is 25.7 Å². The fourth-order valence-electron chi connectivity index (χ4n) is 19.6. The number of benzene rings is 16. The minimum atomic E-state index is -1.12. The van der Waals surface area contributed by atoms with Crippen LogP contribution in [0.5, 0.6) is 138 Å². The molecule has 12 aliphatic rings. The van der Waals surface area contributed by atoms with Gasteiger partial charge in [-0.25, -0.2) is 0 Å². The summed E-state index contributed by atoms with van der Waals surface area (Å²) in [6.07, 6.45) is 0.308. The Morgan fingerprint density at radius 3 is 0.484 bits per heavy atom. The highest BCUT2D eigenvalue weighted by Gasteiger charge is 2.43. The van der Waals surface area contributed by atoms with Gasteiger partial charge in [-0.15, -0.1) is 0 Å². The van der Waals surface area contributed by atoms with Gasteiger partial charge in [0.05, 0.1) is 0 Å². The highest BCUT2D eigenvalue weighted by atomic mass is 16.7. The second-order valence-corrected chi connectivity index (χ2v) is 34.0. The Bertz CT molecular complexity index is 5950. The molecule has 0 radical (unpaired) electrons. The van der Waals surface area contributed by atoms with Crippen molar-refractivity contribution in [3.63, 3.8) is 0 Å². The van der Waals surface area contributed by atoms with E-state index in [1.807, 2.05) is 170 Å². The average molecular weight is 1680 g/mol. The lowest BCUT2D eigenvalue weighted by atomic mass is 9.75. The molecule has 0 unspecified atom stereocenters. The van der Waals surface area contributed by atoms with E-state index in [9.17, 15) is 0 Å². The molecule has 0 amide bonds. The zero-order valence-corrected chi connectivity index (χ0v) is 69.1. The number of fused-ring (bicyclic) bond motifs is 16. The van der Waals surface area contributed by atoms with Gasteiger partial charge in [0.2, 0.25) is 0 Å². The van der Waals surface area contributed by atoms with Crippen molar-refractivity contribution < 1.29 is 75.8 Å².